The van der Waals surface area contributed by atoms with E-state index in [-0.39, 0.29) is 5.91 Å². The molecule has 2 saturated heterocycles. The summed E-state index contributed by atoms with van der Waals surface area (Å²) < 4.78 is 5.45. The van der Waals surface area contributed by atoms with Crippen LogP contribution in [0, 0.1) is 0 Å². The van der Waals surface area contributed by atoms with Gasteiger partial charge >= 0.3 is 0 Å². The number of anilines is 2. The topological polar surface area (TPSA) is 48.4 Å². The number of likely N-dealkylation sites (N-methyl/N-ethyl adjacent to an activating group) is 2. The SMILES string of the molecule is CCN1C(=O)/C(=C2/C=Cc3ccccc3N2CC)SC1=Nc1ccc(N2CCOCC2)cc1. The molecule has 3 aliphatic rings. The molecule has 1 amide bonds. The molecule has 0 bridgehead atoms. The number of morpholine rings is 1. The van der Waals surface area contributed by atoms with Crippen LogP contribution in [0.15, 0.2) is 70.2 Å². The molecule has 2 fully saturated rings. The van der Waals surface area contributed by atoms with Crippen LogP contribution in [0.1, 0.15) is 19.4 Å². The third-order valence-corrected chi connectivity index (χ3v) is 7.20. The third kappa shape index (κ3) is 4.18. The number of amides is 1. The van der Waals surface area contributed by atoms with Gasteiger partial charge in [0.05, 0.1) is 24.6 Å². The fourth-order valence-electron chi connectivity index (χ4n) is 4.40. The number of hydrogen-bond donors (Lipinski definition) is 0. The molecule has 2 aromatic carbocycles. The maximum absolute atomic E-state index is 13.4. The molecular formula is C26H28N4O2S. The largest absolute Gasteiger partial charge is 0.378 e. The Bertz CT molecular complexity index is 1130. The Morgan fingerprint density at radius 1 is 0.939 bits per heavy atom. The van der Waals surface area contributed by atoms with E-state index in [1.165, 1.54) is 23.0 Å². The van der Waals surface area contributed by atoms with Gasteiger partial charge in [0.2, 0.25) is 0 Å². The van der Waals surface area contributed by atoms with Crippen LogP contribution in [0.25, 0.3) is 6.08 Å². The molecular weight excluding hydrogens is 432 g/mol. The van der Waals surface area contributed by atoms with Gasteiger partial charge in [-0.15, -0.1) is 0 Å². The van der Waals surface area contributed by atoms with Crippen molar-refractivity contribution >= 4 is 46.0 Å². The third-order valence-electron chi connectivity index (χ3n) is 6.12. The highest BCUT2D eigenvalue weighted by Gasteiger charge is 2.36. The summed E-state index contributed by atoms with van der Waals surface area (Å²) in [4.78, 5) is 25.2. The van der Waals surface area contributed by atoms with Crippen molar-refractivity contribution in [3.63, 3.8) is 0 Å². The van der Waals surface area contributed by atoms with Crippen molar-refractivity contribution in [3.8, 4) is 0 Å². The summed E-state index contributed by atoms with van der Waals surface area (Å²) in [6.45, 7) is 8.82. The van der Waals surface area contributed by atoms with Crippen LogP contribution in [0.3, 0.4) is 0 Å². The smallest absolute Gasteiger partial charge is 0.268 e. The Balaban J connectivity index is 1.44. The molecule has 0 aromatic heterocycles. The van der Waals surface area contributed by atoms with Gasteiger partial charge in [0.25, 0.3) is 5.91 Å². The summed E-state index contributed by atoms with van der Waals surface area (Å²) in [5, 5.41) is 0.729. The lowest BCUT2D eigenvalue weighted by molar-refractivity contribution is -0.122. The van der Waals surface area contributed by atoms with Gasteiger partial charge in [0.1, 0.15) is 4.91 Å². The molecule has 0 saturated carbocycles. The van der Waals surface area contributed by atoms with Crippen molar-refractivity contribution in [2.24, 2.45) is 4.99 Å². The lowest BCUT2D eigenvalue weighted by Crippen LogP contribution is -2.36. The van der Waals surface area contributed by atoms with E-state index in [1.807, 2.05) is 31.2 Å². The minimum Gasteiger partial charge on any atom is -0.378 e. The second kappa shape index (κ2) is 9.45. The number of rotatable bonds is 4. The van der Waals surface area contributed by atoms with Crippen LogP contribution >= 0.6 is 11.8 Å². The van der Waals surface area contributed by atoms with Gasteiger partial charge in [-0.05, 0) is 67.6 Å². The Labute approximate surface area is 199 Å². The zero-order valence-corrected chi connectivity index (χ0v) is 19.8. The molecule has 3 aliphatic heterocycles. The van der Waals surface area contributed by atoms with E-state index >= 15 is 0 Å². The quantitative estimate of drug-likeness (QED) is 0.609. The van der Waals surface area contributed by atoms with Crippen molar-refractivity contribution in [2.45, 2.75) is 13.8 Å². The Morgan fingerprint density at radius 3 is 2.39 bits per heavy atom. The highest BCUT2D eigenvalue weighted by Crippen LogP contribution is 2.40. The number of fused-ring (bicyclic) bond motifs is 1. The monoisotopic (exact) mass is 460 g/mol. The number of nitrogens with zero attached hydrogens (tertiary/aromatic N) is 4. The minimum absolute atomic E-state index is 0.0173. The number of allylic oxidation sites excluding steroid dienone is 1. The second-order valence-electron chi connectivity index (χ2n) is 8.01. The van der Waals surface area contributed by atoms with Crippen molar-refractivity contribution in [3.05, 3.63) is 70.8 Å². The number of hydrogen-bond acceptors (Lipinski definition) is 6. The number of carbonyl (C=O) groups excluding carboxylic acids is 1. The second-order valence-corrected chi connectivity index (χ2v) is 8.99. The summed E-state index contributed by atoms with van der Waals surface area (Å²) in [5.41, 5.74) is 5.27. The first kappa shape index (κ1) is 21.8. The van der Waals surface area contributed by atoms with Gasteiger partial charge in [-0.25, -0.2) is 4.99 Å². The van der Waals surface area contributed by atoms with E-state index in [0.717, 1.165) is 60.0 Å². The first-order valence-corrected chi connectivity index (χ1v) is 12.3. The van der Waals surface area contributed by atoms with Gasteiger partial charge in [-0.1, -0.05) is 24.3 Å². The van der Waals surface area contributed by atoms with Gasteiger partial charge < -0.3 is 14.5 Å². The predicted molar refractivity (Wildman–Crippen MR) is 137 cm³/mol. The number of carbonyl (C=O) groups is 1. The molecule has 0 N–H and O–H groups in total. The molecule has 6 nitrogen and oxygen atoms in total. The van der Waals surface area contributed by atoms with Crippen LogP contribution in [-0.2, 0) is 9.53 Å². The Kier molecular flexibility index (Phi) is 6.24. The molecule has 5 rings (SSSR count). The predicted octanol–water partition coefficient (Wildman–Crippen LogP) is 4.87. The molecule has 3 heterocycles. The summed E-state index contributed by atoms with van der Waals surface area (Å²) in [6.07, 6.45) is 4.15. The molecule has 170 valence electrons. The van der Waals surface area contributed by atoms with E-state index in [4.69, 9.17) is 9.73 Å². The van der Waals surface area contributed by atoms with Crippen molar-refractivity contribution in [1.82, 2.24) is 4.90 Å². The highest BCUT2D eigenvalue weighted by molar-refractivity contribution is 8.18. The summed E-state index contributed by atoms with van der Waals surface area (Å²) in [7, 11) is 0. The molecule has 2 aromatic rings. The maximum atomic E-state index is 13.4. The van der Waals surface area contributed by atoms with Crippen molar-refractivity contribution in [2.75, 3.05) is 49.2 Å². The molecule has 0 spiro atoms. The maximum Gasteiger partial charge on any atom is 0.268 e. The number of benzene rings is 2. The van der Waals surface area contributed by atoms with E-state index in [0.29, 0.717) is 6.54 Å². The van der Waals surface area contributed by atoms with E-state index in [2.05, 4.69) is 53.1 Å². The van der Waals surface area contributed by atoms with Gasteiger partial charge in [0.15, 0.2) is 5.17 Å². The molecule has 0 atom stereocenters. The lowest BCUT2D eigenvalue weighted by Gasteiger charge is -2.30. The first-order chi connectivity index (χ1) is 16.2. The molecule has 0 radical (unpaired) electrons. The van der Waals surface area contributed by atoms with Crippen LogP contribution < -0.4 is 9.80 Å². The number of para-hydroxylation sites is 1. The molecule has 0 unspecified atom stereocenters. The molecule has 0 aliphatic carbocycles. The summed E-state index contributed by atoms with van der Waals surface area (Å²) in [6, 6.07) is 16.5. The average molecular weight is 461 g/mol. The zero-order chi connectivity index (χ0) is 22.8. The van der Waals surface area contributed by atoms with Crippen LogP contribution in [0.2, 0.25) is 0 Å². The normalized spacial score (nSPS) is 21.8. The van der Waals surface area contributed by atoms with Gasteiger partial charge in [-0.2, -0.15) is 0 Å². The first-order valence-electron chi connectivity index (χ1n) is 11.5. The van der Waals surface area contributed by atoms with E-state index in [1.54, 1.807) is 4.90 Å². The van der Waals surface area contributed by atoms with Gasteiger partial charge in [0, 0.05) is 37.6 Å². The number of aliphatic imine (C=N–C) groups is 1. The van der Waals surface area contributed by atoms with Gasteiger partial charge in [-0.3, -0.25) is 9.69 Å². The Morgan fingerprint density at radius 2 is 1.67 bits per heavy atom. The zero-order valence-electron chi connectivity index (χ0n) is 19.0. The molecule has 7 heteroatoms. The number of ether oxygens (including phenoxy) is 1. The minimum atomic E-state index is 0.0173. The standard InChI is InChI=1S/C26H28N4O2S/c1-3-29-22-8-6-5-7-19(22)9-14-23(29)24-25(31)30(4-2)26(33-24)27-20-10-12-21(13-11-20)28-15-17-32-18-16-28/h5-14H,3-4,15-18H2,1-2H3/b24-23+,27-26?. The van der Waals surface area contributed by atoms with E-state index in [9.17, 15) is 4.79 Å². The lowest BCUT2D eigenvalue weighted by atomic mass is 10.1. The number of amidine groups is 1. The van der Waals surface area contributed by atoms with Crippen LogP contribution in [0.5, 0.6) is 0 Å². The fourth-order valence-corrected chi connectivity index (χ4v) is 5.53. The van der Waals surface area contributed by atoms with Crippen molar-refractivity contribution in [1.29, 1.82) is 0 Å². The number of thioether (sulfide) groups is 1. The van der Waals surface area contributed by atoms with Crippen molar-refractivity contribution < 1.29 is 9.53 Å². The van der Waals surface area contributed by atoms with E-state index < -0.39 is 0 Å². The molecule has 33 heavy (non-hydrogen) atoms. The average Bonchev–Trinajstić information content (AvgIpc) is 3.18. The highest BCUT2D eigenvalue weighted by atomic mass is 32.2. The summed E-state index contributed by atoms with van der Waals surface area (Å²) in [5.74, 6) is 0.0173. The Hall–Kier alpha value is -3.03. The fraction of sp³-hybridized carbons (Fsp3) is 0.308. The summed E-state index contributed by atoms with van der Waals surface area (Å²) >= 11 is 1.47. The van der Waals surface area contributed by atoms with Crippen LogP contribution in [0.4, 0.5) is 17.1 Å². The van der Waals surface area contributed by atoms with Crippen LogP contribution in [-0.4, -0.2) is 55.4 Å².